The van der Waals surface area contributed by atoms with Crippen molar-refractivity contribution in [3.05, 3.63) is 51.7 Å². The fraction of sp³-hybridized carbons (Fsp3) is 0.471. The highest BCUT2D eigenvalue weighted by atomic mass is 16.5. The van der Waals surface area contributed by atoms with Gasteiger partial charge in [-0.2, -0.15) is 0 Å². The summed E-state index contributed by atoms with van der Waals surface area (Å²) in [4.78, 5) is 28.2. The second-order valence-corrected chi connectivity index (χ2v) is 6.07. The molecule has 134 valence electrons. The van der Waals surface area contributed by atoms with Crippen LogP contribution in [0.3, 0.4) is 0 Å². The zero-order chi connectivity index (χ0) is 17.6. The van der Waals surface area contributed by atoms with Gasteiger partial charge in [-0.3, -0.25) is 19.7 Å². The van der Waals surface area contributed by atoms with Crippen LogP contribution in [-0.2, 0) is 27.3 Å². The van der Waals surface area contributed by atoms with Crippen molar-refractivity contribution >= 4 is 5.91 Å². The molecule has 1 saturated heterocycles. The zero-order valence-electron chi connectivity index (χ0n) is 14.1. The predicted octanol–water partition coefficient (Wildman–Crippen LogP) is 0.439. The molecule has 8 nitrogen and oxygen atoms in total. The van der Waals surface area contributed by atoms with E-state index in [1.54, 1.807) is 13.1 Å². The number of carbonyl (C=O) groups is 1. The molecule has 2 aromatic heterocycles. The van der Waals surface area contributed by atoms with Gasteiger partial charge in [-0.15, -0.1) is 0 Å². The van der Waals surface area contributed by atoms with Crippen molar-refractivity contribution < 1.29 is 14.3 Å². The van der Waals surface area contributed by atoms with E-state index in [4.69, 9.17) is 9.47 Å². The SMILES string of the molecule is Cc1[nH][nH]c(=O)c1CC(=O)N[C@@H]1CCOC[C@H]1OCc1ccccn1. The first-order chi connectivity index (χ1) is 12.1. The average molecular weight is 346 g/mol. The fourth-order valence-corrected chi connectivity index (χ4v) is 2.82. The monoisotopic (exact) mass is 346 g/mol. The molecule has 0 aromatic carbocycles. The minimum absolute atomic E-state index is 0.0367. The molecule has 0 bridgehead atoms. The van der Waals surface area contributed by atoms with Gasteiger partial charge in [-0.05, 0) is 25.5 Å². The van der Waals surface area contributed by atoms with E-state index in [-0.39, 0.29) is 30.0 Å². The topological polar surface area (TPSA) is 109 Å². The Hall–Kier alpha value is -2.45. The fourth-order valence-electron chi connectivity index (χ4n) is 2.82. The first-order valence-corrected chi connectivity index (χ1v) is 8.28. The highest BCUT2D eigenvalue weighted by Gasteiger charge is 2.28. The number of pyridine rings is 1. The van der Waals surface area contributed by atoms with E-state index in [2.05, 4.69) is 20.5 Å². The van der Waals surface area contributed by atoms with Gasteiger partial charge in [0.1, 0.15) is 6.10 Å². The Morgan fingerprint density at radius 3 is 3.04 bits per heavy atom. The lowest BCUT2D eigenvalue weighted by atomic mass is 10.1. The normalized spacial score (nSPS) is 20.4. The second kappa shape index (κ2) is 8.09. The summed E-state index contributed by atoms with van der Waals surface area (Å²) in [7, 11) is 0. The number of carbonyl (C=O) groups excluding carboxylic acids is 1. The summed E-state index contributed by atoms with van der Waals surface area (Å²) in [6.45, 7) is 3.10. The van der Waals surface area contributed by atoms with E-state index >= 15 is 0 Å². The van der Waals surface area contributed by atoms with E-state index in [0.717, 1.165) is 5.69 Å². The van der Waals surface area contributed by atoms with Crippen LogP contribution in [0, 0.1) is 6.92 Å². The van der Waals surface area contributed by atoms with Crippen LogP contribution in [0.15, 0.2) is 29.2 Å². The van der Waals surface area contributed by atoms with E-state index in [1.165, 1.54) is 0 Å². The van der Waals surface area contributed by atoms with Crippen LogP contribution in [0.1, 0.15) is 23.4 Å². The van der Waals surface area contributed by atoms with E-state index in [1.807, 2.05) is 18.2 Å². The summed E-state index contributed by atoms with van der Waals surface area (Å²) in [6.07, 6.45) is 2.17. The highest BCUT2D eigenvalue weighted by Crippen LogP contribution is 2.14. The number of ether oxygens (including phenoxy) is 2. The van der Waals surface area contributed by atoms with Crippen molar-refractivity contribution in [3.63, 3.8) is 0 Å². The van der Waals surface area contributed by atoms with Crippen LogP contribution in [0.25, 0.3) is 0 Å². The summed E-state index contributed by atoms with van der Waals surface area (Å²) in [5.74, 6) is -0.202. The lowest BCUT2D eigenvalue weighted by Gasteiger charge is -2.32. The van der Waals surface area contributed by atoms with Crippen molar-refractivity contribution in [3.8, 4) is 0 Å². The van der Waals surface area contributed by atoms with Crippen LogP contribution in [0.5, 0.6) is 0 Å². The maximum Gasteiger partial charge on any atom is 0.267 e. The third kappa shape index (κ3) is 4.55. The summed E-state index contributed by atoms with van der Waals surface area (Å²) < 4.78 is 11.4. The average Bonchev–Trinajstić information content (AvgIpc) is 2.94. The van der Waals surface area contributed by atoms with Crippen LogP contribution in [0.4, 0.5) is 0 Å². The van der Waals surface area contributed by atoms with Gasteiger partial charge < -0.3 is 19.9 Å². The minimum atomic E-state index is -0.262. The number of aromatic nitrogens is 3. The van der Waals surface area contributed by atoms with Crippen LogP contribution >= 0.6 is 0 Å². The van der Waals surface area contributed by atoms with Crippen LogP contribution in [-0.4, -0.2) is 46.4 Å². The second-order valence-electron chi connectivity index (χ2n) is 6.07. The van der Waals surface area contributed by atoms with Crippen molar-refractivity contribution in [2.75, 3.05) is 13.2 Å². The number of hydrogen-bond donors (Lipinski definition) is 3. The number of nitrogens with zero attached hydrogens (tertiary/aromatic N) is 1. The highest BCUT2D eigenvalue weighted by molar-refractivity contribution is 5.79. The van der Waals surface area contributed by atoms with Gasteiger partial charge in [0.15, 0.2) is 0 Å². The zero-order valence-corrected chi connectivity index (χ0v) is 14.1. The standard InChI is InChI=1S/C17H22N4O4/c1-11-13(17(23)21-20-11)8-16(22)19-14-5-7-24-10-15(14)25-9-12-4-2-3-6-18-12/h2-4,6,14-15H,5,7-10H2,1H3,(H,19,22)(H2,20,21,23)/t14-,15-/m1/s1. The third-order valence-corrected chi connectivity index (χ3v) is 4.25. The lowest BCUT2D eigenvalue weighted by Crippen LogP contribution is -2.50. The molecule has 25 heavy (non-hydrogen) atoms. The summed E-state index contributed by atoms with van der Waals surface area (Å²) in [5.41, 5.74) is 1.70. The van der Waals surface area contributed by atoms with E-state index in [0.29, 0.717) is 37.5 Å². The summed E-state index contributed by atoms with van der Waals surface area (Å²) >= 11 is 0. The predicted molar refractivity (Wildman–Crippen MR) is 90.0 cm³/mol. The van der Waals surface area contributed by atoms with Gasteiger partial charge in [0.2, 0.25) is 5.91 Å². The molecule has 3 rings (SSSR count). The minimum Gasteiger partial charge on any atom is -0.379 e. The number of nitrogens with one attached hydrogen (secondary N) is 3. The number of aryl methyl sites for hydroxylation is 1. The van der Waals surface area contributed by atoms with Crippen LogP contribution < -0.4 is 10.9 Å². The molecule has 0 aliphatic carbocycles. The molecule has 3 heterocycles. The quantitative estimate of drug-likeness (QED) is 0.703. The molecule has 1 aliphatic rings. The Bertz CT molecular complexity index is 756. The third-order valence-electron chi connectivity index (χ3n) is 4.25. The molecule has 0 spiro atoms. The van der Waals surface area contributed by atoms with Gasteiger partial charge in [0, 0.05) is 24.1 Å². The Balaban J connectivity index is 1.57. The summed E-state index contributed by atoms with van der Waals surface area (Å²) in [6, 6.07) is 5.49. The molecule has 1 amide bonds. The van der Waals surface area contributed by atoms with Crippen molar-refractivity contribution in [2.45, 2.75) is 38.5 Å². The summed E-state index contributed by atoms with van der Waals surface area (Å²) in [5, 5.41) is 8.17. The molecule has 0 radical (unpaired) electrons. The van der Waals surface area contributed by atoms with Gasteiger partial charge in [0.25, 0.3) is 5.56 Å². The van der Waals surface area contributed by atoms with Crippen molar-refractivity contribution in [1.82, 2.24) is 20.5 Å². The van der Waals surface area contributed by atoms with Gasteiger partial charge in [-0.1, -0.05) is 6.07 Å². The molecular formula is C17H22N4O4. The maximum absolute atomic E-state index is 12.3. The molecule has 1 aliphatic heterocycles. The molecule has 0 unspecified atom stereocenters. The number of H-pyrrole nitrogens is 2. The number of amides is 1. The molecule has 0 saturated carbocycles. The largest absolute Gasteiger partial charge is 0.379 e. The maximum atomic E-state index is 12.3. The first-order valence-electron chi connectivity index (χ1n) is 8.28. The van der Waals surface area contributed by atoms with E-state index in [9.17, 15) is 9.59 Å². The Kier molecular flexibility index (Phi) is 5.62. The van der Waals surface area contributed by atoms with Gasteiger partial charge in [-0.25, -0.2) is 0 Å². The Morgan fingerprint density at radius 2 is 2.32 bits per heavy atom. The van der Waals surface area contributed by atoms with Gasteiger partial charge >= 0.3 is 0 Å². The molecule has 2 aromatic rings. The lowest BCUT2D eigenvalue weighted by molar-refractivity contribution is -0.126. The molecular weight excluding hydrogens is 324 g/mol. The molecule has 3 N–H and O–H groups in total. The first kappa shape index (κ1) is 17.4. The molecule has 2 atom stereocenters. The number of rotatable bonds is 6. The van der Waals surface area contributed by atoms with Crippen LogP contribution in [0.2, 0.25) is 0 Å². The number of aromatic amines is 2. The Morgan fingerprint density at radius 1 is 1.44 bits per heavy atom. The number of hydrogen-bond acceptors (Lipinski definition) is 5. The molecule has 8 heteroatoms. The van der Waals surface area contributed by atoms with Crippen molar-refractivity contribution in [1.29, 1.82) is 0 Å². The Labute approximate surface area is 144 Å². The van der Waals surface area contributed by atoms with Crippen molar-refractivity contribution in [2.24, 2.45) is 0 Å². The smallest absolute Gasteiger partial charge is 0.267 e. The van der Waals surface area contributed by atoms with Gasteiger partial charge in [0.05, 0.1) is 31.4 Å². The van der Waals surface area contributed by atoms with E-state index < -0.39 is 0 Å². The molecule has 1 fully saturated rings.